The number of hydrazine groups is 1. The number of hydrogen-bond donors (Lipinski definition) is 3. The maximum atomic E-state index is 12.9. The van der Waals surface area contributed by atoms with Crippen molar-refractivity contribution >= 4 is 17.7 Å². The van der Waals surface area contributed by atoms with Gasteiger partial charge in [-0.25, -0.2) is 10.9 Å². The minimum atomic E-state index is 0.209. The fraction of sp³-hybridized carbons (Fsp3) is 0.950. The number of nitrogens with one attached hydrogen (secondary N) is 3. The number of rotatable bonds is 6. The zero-order valence-corrected chi connectivity index (χ0v) is 18.4. The van der Waals surface area contributed by atoms with Crippen molar-refractivity contribution in [2.45, 2.75) is 81.1 Å². The second-order valence-electron chi connectivity index (χ2n) is 9.04. The summed E-state index contributed by atoms with van der Waals surface area (Å²) in [5.74, 6) is 1.21. The number of amides is 1. The highest BCUT2D eigenvalue weighted by Crippen LogP contribution is 2.35. The van der Waals surface area contributed by atoms with E-state index in [9.17, 15) is 4.79 Å². The summed E-state index contributed by atoms with van der Waals surface area (Å²) in [5.41, 5.74) is 6.90. The van der Waals surface area contributed by atoms with Gasteiger partial charge in [-0.15, -0.1) is 11.8 Å². The van der Waals surface area contributed by atoms with Gasteiger partial charge in [0.1, 0.15) is 5.50 Å². The zero-order valence-electron chi connectivity index (χ0n) is 17.5. The van der Waals surface area contributed by atoms with E-state index in [0.29, 0.717) is 34.7 Å². The van der Waals surface area contributed by atoms with Crippen LogP contribution in [0, 0.1) is 11.8 Å². The van der Waals surface area contributed by atoms with Crippen LogP contribution in [0.1, 0.15) is 58.3 Å². The van der Waals surface area contributed by atoms with Gasteiger partial charge >= 0.3 is 0 Å². The number of nitrogens with zero attached hydrogens (tertiary/aromatic N) is 2. The molecule has 6 atom stereocenters. The molecule has 3 aliphatic rings. The molecule has 1 saturated heterocycles. The first kappa shape index (κ1) is 21.4. The minimum absolute atomic E-state index is 0.209. The lowest BCUT2D eigenvalue weighted by atomic mass is 9.82. The lowest BCUT2D eigenvalue weighted by Gasteiger charge is -2.36. The number of carbonyl (C=O) groups is 1. The highest BCUT2D eigenvalue weighted by atomic mass is 32.2. The van der Waals surface area contributed by atoms with Crippen LogP contribution in [-0.4, -0.2) is 66.4 Å². The minimum Gasteiger partial charge on any atom is -0.353 e. The lowest BCUT2D eigenvalue weighted by molar-refractivity contribution is -0.127. The first-order valence-corrected chi connectivity index (χ1v) is 11.7. The van der Waals surface area contributed by atoms with Crippen LogP contribution in [0.3, 0.4) is 0 Å². The fourth-order valence-corrected chi connectivity index (χ4v) is 6.19. The van der Waals surface area contributed by atoms with E-state index in [4.69, 9.17) is 0 Å². The smallest absolute Gasteiger partial charge is 0.223 e. The van der Waals surface area contributed by atoms with Crippen molar-refractivity contribution in [1.82, 2.24) is 26.0 Å². The highest BCUT2D eigenvalue weighted by Gasteiger charge is 2.33. The summed E-state index contributed by atoms with van der Waals surface area (Å²) in [6, 6.07) is 0.931. The van der Waals surface area contributed by atoms with Crippen molar-refractivity contribution in [3.8, 4) is 0 Å². The lowest BCUT2D eigenvalue weighted by Crippen LogP contribution is -2.45. The monoisotopic (exact) mass is 397 g/mol. The Balaban J connectivity index is 1.46. The zero-order chi connectivity index (χ0) is 19.4. The van der Waals surface area contributed by atoms with Crippen LogP contribution in [0.4, 0.5) is 0 Å². The van der Waals surface area contributed by atoms with E-state index in [1.807, 2.05) is 11.8 Å². The van der Waals surface area contributed by atoms with Gasteiger partial charge in [0.25, 0.3) is 0 Å². The summed E-state index contributed by atoms with van der Waals surface area (Å²) in [6.45, 7) is 3.25. The SMILES string of the molecule is C[C@H](SC1NNCN1C)C1CCCC(NC(=O)C2CCCC(N(C)C)C2)C1. The van der Waals surface area contributed by atoms with Crippen LogP contribution < -0.4 is 16.2 Å². The predicted molar refractivity (Wildman–Crippen MR) is 113 cm³/mol. The van der Waals surface area contributed by atoms with Crippen molar-refractivity contribution < 1.29 is 4.79 Å². The molecule has 6 nitrogen and oxygen atoms in total. The molecule has 156 valence electrons. The van der Waals surface area contributed by atoms with E-state index in [2.05, 4.69) is 54.0 Å². The Hall–Kier alpha value is -0.340. The standard InChI is InChI=1S/C20H39N5OS/c1-14(27-20-23-21-13-25(20)4)15-7-5-9-17(11-15)22-19(26)16-8-6-10-18(12-16)24(2)3/h14-18,20-21,23H,5-13H2,1-4H3,(H,22,26)/t14-,15?,16?,17?,18?,20?/m0/s1. The average molecular weight is 398 g/mol. The summed E-state index contributed by atoms with van der Waals surface area (Å²) < 4.78 is 0. The first-order chi connectivity index (χ1) is 12.9. The van der Waals surface area contributed by atoms with Crippen LogP contribution in [0.5, 0.6) is 0 Å². The number of thioether (sulfide) groups is 1. The number of hydrogen-bond acceptors (Lipinski definition) is 6. The third-order valence-electron chi connectivity index (χ3n) is 6.77. The molecular weight excluding hydrogens is 358 g/mol. The molecule has 0 bridgehead atoms. The molecular formula is C20H39N5OS. The Bertz CT molecular complexity index is 491. The van der Waals surface area contributed by atoms with Gasteiger partial charge in [0.2, 0.25) is 5.91 Å². The summed E-state index contributed by atoms with van der Waals surface area (Å²) in [4.78, 5) is 17.5. The summed E-state index contributed by atoms with van der Waals surface area (Å²) in [6.07, 6.45) is 9.29. The van der Waals surface area contributed by atoms with Gasteiger partial charge in [0.15, 0.2) is 0 Å². The van der Waals surface area contributed by atoms with Gasteiger partial charge in [-0.2, -0.15) is 0 Å². The molecule has 2 saturated carbocycles. The van der Waals surface area contributed by atoms with Crippen molar-refractivity contribution in [2.24, 2.45) is 11.8 Å². The maximum Gasteiger partial charge on any atom is 0.223 e. The third kappa shape index (κ3) is 5.82. The van der Waals surface area contributed by atoms with Crippen LogP contribution >= 0.6 is 11.8 Å². The van der Waals surface area contributed by atoms with Gasteiger partial charge in [-0.05, 0) is 65.6 Å². The van der Waals surface area contributed by atoms with Gasteiger partial charge in [0.05, 0.1) is 6.67 Å². The van der Waals surface area contributed by atoms with E-state index in [1.165, 1.54) is 25.7 Å². The van der Waals surface area contributed by atoms with E-state index in [-0.39, 0.29) is 5.92 Å². The molecule has 1 amide bonds. The predicted octanol–water partition coefficient (Wildman–Crippen LogP) is 2.18. The maximum absolute atomic E-state index is 12.9. The van der Waals surface area contributed by atoms with Gasteiger partial charge in [0, 0.05) is 23.3 Å². The Morgan fingerprint density at radius 1 is 1.19 bits per heavy atom. The summed E-state index contributed by atoms with van der Waals surface area (Å²) in [5, 5.41) is 4.02. The summed E-state index contributed by atoms with van der Waals surface area (Å²) in [7, 11) is 6.43. The molecule has 0 radical (unpaired) electrons. The fourth-order valence-electron chi connectivity index (χ4n) is 4.88. The Labute approximate surface area is 169 Å². The molecule has 0 aromatic rings. The van der Waals surface area contributed by atoms with Crippen molar-refractivity contribution in [3.05, 3.63) is 0 Å². The Morgan fingerprint density at radius 3 is 2.67 bits per heavy atom. The van der Waals surface area contributed by atoms with Gasteiger partial charge in [-0.1, -0.05) is 19.8 Å². The van der Waals surface area contributed by atoms with Crippen LogP contribution in [-0.2, 0) is 4.79 Å². The van der Waals surface area contributed by atoms with E-state index < -0.39 is 0 Å². The molecule has 3 N–H and O–H groups in total. The normalized spacial score (nSPS) is 36.7. The molecule has 7 heteroatoms. The van der Waals surface area contributed by atoms with Crippen molar-refractivity contribution in [1.29, 1.82) is 0 Å². The molecule has 0 spiro atoms. The van der Waals surface area contributed by atoms with E-state index in [0.717, 1.165) is 32.4 Å². The Morgan fingerprint density at radius 2 is 1.96 bits per heavy atom. The average Bonchev–Trinajstić information content (AvgIpc) is 3.06. The molecule has 0 aromatic heterocycles. The molecule has 3 rings (SSSR count). The molecule has 5 unspecified atom stereocenters. The van der Waals surface area contributed by atoms with E-state index >= 15 is 0 Å². The molecule has 1 heterocycles. The van der Waals surface area contributed by atoms with Gasteiger partial charge < -0.3 is 10.2 Å². The molecule has 3 fully saturated rings. The quantitative estimate of drug-likeness (QED) is 0.639. The highest BCUT2D eigenvalue weighted by molar-refractivity contribution is 8.00. The second-order valence-corrected chi connectivity index (χ2v) is 10.5. The largest absolute Gasteiger partial charge is 0.353 e. The third-order valence-corrected chi connectivity index (χ3v) is 8.32. The molecule has 2 aliphatic carbocycles. The topological polar surface area (TPSA) is 59.6 Å². The molecule has 27 heavy (non-hydrogen) atoms. The van der Waals surface area contributed by atoms with Crippen molar-refractivity contribution in [3.63, 3.8) is 0 Å². The van der Waals surface area contributed by atoms with Crippen molar-refractivity contribution in [2.75, 3.05) is 27.8 Å². The van der Waals surface area contributed by atoms with Crippen LogP contribution in [0.2, 0.25) is 0 Å². The molecule has 1 aliphatic heterocycles. The van der Waals surface area contributed by atoms with Crippen LogP contribution in [0.15, 0.2) is 0 Å². The van der Waals surface area contributed by atoms with E-state index in [1.54, 1.807) is 0 Å². The summed E-state index contributed by atoms with van der Waals surface area (Å²) >= 11 is 2.01. The van der Waals surface area contributed by atoms with Gasteiger partial charge in [-0.3, -0.25) is 9.69 Å². The van der Waals surface area contributed by atoms with Crippen LogP contribution in [0.25, 0.3) is 0 Å². The molecule has 0 aromatic carbocycles. The first-order valence-electron chi connectivity index (χ1n) is 10.7. The number of carbonyl (C=O) groups excluding carboxylic acids is 1. The Kier molecular flexibility index (Phi) is 7.85. The second kappa shape index (κ2) is 9.92.